The van der Waals surface area contributed by atoms with E-state index < -0.39 is 0 Å². The predicted octanol–water partition coefficient (Wildman–Crippen LogP) is 1.95. The molecule has 0 amide bonds. The minimum absolute atomic E-state index is 0.762. The Kier molecular flexibility index (Phi) is 5.81. The van der Waals surface area contributed by atoms with E-state index in [2.05, 4.69) is 5.32 Å². The molecule has 0 aliphatic heterocycles. The molecule has 0 atom stereocenters. The molecule has 0 aromatic heterocycles. The molecule has 2 nitrogen and oxygen atoms in total. The summed E-state index contributed by atoms with van der Waals surface area (Å²) < 4.78 is 0. The van der Waals surface area contributed by atoms with E-state index in [9.17, 15) is 4.79 Å². The van der Waals surface area contributed by atoms with Crippen molar-refractivity contribution < 1.29 is 4.79 Å². The fourth-order valence-corrected chi connectivity index (χ4v) is 1.08. The second-order valence-corrected chi connectivity index (χ2v) is 3.04. The molecule has 1 aromatic rings. The third-order valence-corrected chi connectivity index (χ3v) is 1.38. The highest BCUT2D eigenvalue weighted by atomic mass is 16.1. The highest BCUT2D eigenvalue weighted by Crippen LogP contribution is 2.05. The maximum atomic E-state index is 10.3. The number of hydrogen-bond acceptors (Lipinski definition) is 2. The molecule has 0 bridgehead atoms. The second kappa shape index (κ2) is 6.38. The summed E-state index contributed by atoms with van der Waals surface area (Å²) in [5.74, 6) is 0. The minimum atomic E-state index is 0.762. The molecular formula is C11H17NO. The van der Waals surface area contributed by atoms with Gasteiger partial charge in [-0.05, 0) is 40.1 Å². The molecule has 0 fully saturated rings. The lowest BCUT2D eigenvalue weighted by molar-refractivity contribution is 0.112. The normalized spacial score (nSPS) is 8.62. The summed E-state index contributed by atoms with van der Waals surface area (Å²) in [5, 5.41) is 2.75. The van der Waals surface area contributed by atoms with E-state index in [1.54, 1.807) is 0 Å². The summed E-state index contributed by atoms with van der Waals surface area (Å²) in [6.07, 6.45) is 0.875. The van der Waals surface area contributed by atoms with Crippen LogP contribution in [0, 0.1) is 13.8 Å². The average Bonchev–Trinajstić information content (AvgIpc) is 2.04. The molecule has 13 heavy (non-hydrogen) atoms. The molecular weight excluding hydrogens is 162 g/mol. The van der Waals surface area contributed by atoms with Crippen molar-refractivity contribution in [3.63, 3.8) is 0 Å². The molecule has 0 spiro atoms. The molecule has 0 unspecified atom stereocenters. The van der Waals surface area contributed by atoms with Gasteiger partial charge in [0.25, 0.3) is 0 Å². The van der Waals surface area contributed by atoms with E-state index in [1.807, 2.05) is 46.1 Å². The van der Waals surface area contributed by atoms with E-state index >= 15 is 0 Å². The van der Waals surface area contributed by atoms with Crippen LogP contribution >= 0.6 is 0 Å². The smallest absolute Gasteiger partial charge is 0.150 e. The van der Waals surface area contributed by atoms with Gasteiger partial charge in [0, 0.05) is 5.56 Å². The molecule has 0 saturated carbocycles. The number of aryl methyl sites for hydroxylation is 2. The fourth-order valence-electron chi connectivity index (χ4n) is 1.08. The summed E-state index contributed by atoms with van der Waals surface area (Å²) in [4.78, 5) is 10.3. The quantitative estimate of drug-likeness (QED) is 0.668. The van der Waals surface area contributed by atoms with E-state index in [0.717, 1.165) is 23.0 Å². The summed E-state index contributed by atoms with van der Waals surface area (Å²) in [6, 6.07) is 5.80. The fraction of sp³-hybridized carbons (Fsp3) is 0.364. The van der Waals surface area contributed by atoms with Crippen LogP contribution in [0.3, 0.4) is 0 Å². The van der Waals surface area contributed by atoms with Crippen LogP contribution in [0.1, 0.15) is 21.5 Å². The highest BCUT2D eigenvalue weighted by molar-refractivity contribution is 5.75. The zero-order chi connectivity index (χ0) is 10.3. The van der Waals surface area contributed by atoms with Crippen molar-refractivity contribution in [2.75, 3.05) is 14.1 Å². The van der Waals surface area contributed by atoms with E-state index in [0.29, 0.717) is 0 Å². The Hall–Kier alpha value is -1.15. The van der Waals surface area contributed by atoms with Gasteiger partial charge in [0.05, 0.1) is 0 Å². The average molecular weight is 179 g/mol. The SMILES string of the molecule is CNC.Cc1cc(C)cc(C=O)c1. The van der Waals surface area contributed by atoms with Crippen LogP contribution in [0.25, 0.3) is 0 Å². The summed E-state index contributed by atoms with van der Waals surface area (Å²) in [6.45, 7) is 3.97. The van der Waals surface area contributed by atoms with Crippen molar-refractivity contribution in [1.29, 1.82) is 0 Å². The van der Waals surface area contributed by atoms with Gasteiger partial charge in [-0.3, -0.25) is 4.79 Å². The maximum absolute atomic E-state index is 10.3. The van der Waals surface area contributed by atoms with Gasteiger partial charge < -0.3 is 5.32 Å². The van der Waals surface area contributed by atoms with Gasteiger partial charge >= 0.3 is 0 Å². The molecule has 0 aliphatic rings. The Morgan fingerprint density at radius 2 is 1.46 bits per heavy atom. The first-order chi connectivity index (χ1) is 6.13. The molecule has 0 aliphatic carbocycles. The van der Waals surface area contributed by atoms with Crippen molar-refractivity contribution in [1.82, 2.24) is 5.32 Å². The predicted molar refractivity (Wildman–Crippen MR) is 56.3 cm³/mol. The van der Waals surface area contributed by atoms with Crippen LogP contribution in [0.5, 0.6) is 0 Å². The van der Waals surface area contributed by atoms with Crippen molar-refractivity contribution in [2.45, 2.75) is 13.8 Å². The zero-order valence-electron chi connectivity index (χ0n) is 8.72. The van der Waals surface area contributed by atoms with Crippen molar-refractivity contribution in [3.8, 4) is 0 Å². The Labute approximate surface area is 80.0 Å². The Bertz CT molecular complexity index is 249. The number of carbonyl (C=O) groups excluding carboxylic acids is 1. The van der Waals surface area contributed by atoms with Crippen LogP contribution in [0.15, 0.2) is 18.2 Å². The topological polar surface area (TPSA) is 29.1 Å². The number of carbonyl (C=O) groups is 1. The third kappa shape index (κ3) is 5.15. The van der Waals surface area contributed by atoms with Crippen molar-refractivity contribution in [2.24, 2.45) is 0 Å². The number of rotatable bonds is 1. The number of nitrogens with one attached hydrogen (secondary N) is 1. The van der Waals surface area contributed by atoms with Crippen molar-refractivity contribution in [3.05, 3.63) is 34.9 Å². The molecule has 1 aromatic carbocycles. The lowest BCUT2D eigenvalue weighted by atomic mass is 10.1. The molecule has 0 heterocycles. The van der Waals surface area contributed by atoms with Gasteiger partial charge in [0.2, 0.25) is 0 Å². The van der Waals surface area contributed by atoms with Crippen LogP contribution in [0.4, 0.5) is 0 Å². The number of hydrogen-bond donors (Lipinski definition) is 1. The summed E-state index contributed by atoms with van der Waals surface area (Å²) >= 11 is 0. The zero-order valence-corrected chi connectivity index (χ0v) is 8.72. The molecule has 1 rings (SSSR count). The second-order valence-electron chi connectivity index (χ2n) is 3.04. The number of aldehydes is 1. The summed E-state index contributed by atoms with van der Waals surface area (Å²) in [5.41, 5.74) is 3.04. The van der Waals surface area contributed by atoms with Gasteiger partial charge in [0.1, 0.15) is 6.29 Å². The van der Waals surface area contributed by atoms with E-state index in [1.165, 1.54) is 0 Å². The van der Waals surface area contributed by atoms with Crippen LogP contribution in [0.2, 0.25) is 0 Å². The molecule has 1 N–H and O–H groups in total. The van der Waals surface area contributed by atoms with E-state index in [4.69, 9.17) is 0 Å². The first-order valence-electron chi connectivity index (χ1n) is 4.26. The van der Waals surface area contributed by atoms with Crippen LogP contribution in [-0.2, 0) is 0 Å². The van der Waals surface area contributed by atoms with Crippen LogP contribution < -0.4 is 5.32 Å². The minimum Gasteiger partial charge on any atom is -0.323 e. The Morgan fingerprint density at radius 3 is 1.77 bits per heavy atom. The highest BCUT2D eigenvalue weighted by Gasteiger charge is 1.91. The number of benzene rings is 1. The third-order valence-electron chi connectivity index (χ3n) is 1.38. The lowest BCUT2D eigenvalue weighted by Crippen LogP contribution is -1.89. The largest absolute Gasteiger partial charge is 0.323 e. The first-order valence-corrected chi connectivity index (χ1v) is 4.26. The lowest BCUT2D eigenvalue weighted by Gasteiger charge is -1.96. The standard InChI is InChI=1S/C9H10O.C2H7N/c1-7-3-8(2)5-9(4-7)6-10;1-3-2/h3-6H,1-2H3;3H,1-2H3. The Balaban J connectivity index is 0.000000424. The molecule has 0 saturated heterocycles. The van der Waals surface area contributed by atoms with Gasteiger partial charge in [-0.1, -0.05) is 17.2 Å². The maximum Gasteiger partial charge on any atom is 0.150 e. The Morgan fingerprint density at radius 1 is 1.08 bits per heavy atom. The van der Waals surface area contributed by atoms with Gasteiger partial charge in [-0.25, -0.2) is 0 Å². The van der Waals surface area contributed by atoms with Gasteiger partial charge in [0.15, 0.2) is 0 Å². The molecule has 72 valence electrons. The first kappa shape index (κ1) is 11.8. The monoisotopic (exact) mass is 179 g/mol. The molecule has 2 heteroatoms. The van der Waals surface area contributed by atoms with Gasteiger partial charge in [-0.15, -0.1) is 0 Å². The summed E-state index contributed by atoms with van der Waals surface area (Å²) in [7, 11) is 3.75. The molecule has 0 radical (unpaired) electrons. The van der Waals surface area contributed by atoms with Gasteiger partial charge in [-0.2, -0.15) is 0 Å². The van der Waals surface area contributed by atoms with E-state index in [-0.39, 0.29) is 0 Å². The van der Waals surface area contributed by atoms with Crippen LogP contribution in [-0.4, -0.2) is 20.4 Å². The van der Waals surface area contributed by atoms with Crippen molar-refractivity contribution >= 4 is 6.29 Å².